The van der Waals surface area contributed by atoms with Crippen LogP contribution in [-0.4, -0.2) is 30.0 Å². The number of alkyl carbamates (subject to hydrolysis) is 1. The van der Waals surface area contributed by atoms with Gasteiger partial charge in [-0.05, 0) is 45.2 Å². The molecule has 112 valence electrons. The van der Waals surface area contributed by atoms with E-state index in [0.29, 0.717) is 6.54 Å². The molecule has 20 heavy (non-hydrogen) atoms. The molecule has 0 bridgehead atoms. The van der Waals surface area contributed by atoms with Gasteiger partial charge in [0.1, 0.15) is 5.60 Å². The highest BCUT2D eigenvalue weighted by molar-refractivity contribution is 5.67. The molecule has 0 aliphatic rings. The Kier molecular flexibility index (Phi) is 6.02. The second-order valence-corrected chi connectivity index (χ2v) is 6.06. The third-order valence-corrected chi connectivity index (χ3v) is 2.96. The monoisotopic (exact) mass is 279 g/mol. The fourth-order valence-electron chi connectivity index (χ4n) is 1.89. The summed E-state index contributed by atoms with van der Waals surface area (Å²) in [4.78, 5) is 11.6. The van der Waals surface area contributed by atoms with Crippen molar-refractivity contribution in [3.05, 3.63) is 35.4 Å². The van der Waals surface area contributed by atoms with Crippen LogP contribution in [0.15, 0.2) is 24.3 Å². The number of aliphatic hydroxyl groups is 1. The Morgan fingerprint density at radius 2 is 2.00 bits per heavy atom. The number of carbonyl (C=O) groups is 1. The minimum absolute atomic E-state index is 0.0105. The SMILES string of the molecule is Cc1ccccc1C[C@H](CO)CNC(=O)OC(C)(C)C. The van der Waals surface area contributed by atoms with Gasteiger partial charge in [-0.3, -0.25) is 0 Å². The third-order valence-electron chi connectivity index (χ3n) is 2.96. The molecule has 0 radical (unpaired) electrons. The number of aliphatic hydroxyl groups excluding tert-OH is 1. The first kappa shape index (κ1) is 16.5. The maximum Gasteiger partial charge on any atom is 0.407 e. The summed E-state index contributed by atoms with van der Waals surface area (Å²) in [5.74, 6) is -0.0105. The molecule has 1 aromatic rings. The molecule has 1 rings (SSSR count). The normalized spacial score (nSPS) is 12.8. The lowest BCUT2D eigenvalue weighted by molar-refractivity contribution is 0.0512. The van der Waals surface area contributed by atoms with Gasteiger partial charge in [-0.2, -0.15) is 0 Å². The highest BCUT2D eigenvalue weighted by Crippen LogP contribution is 2.13. The summed E-state index contributed by atoms with van der Waals surface area (Å²) in [5.41, 5.74) is 1.88. The van der Waals surface area contributed by atoms with Crippen molar-refractivity contribution in [2.45, 2.75) is 39.7 Å². The molecule has 4 heteroatoms. The molecule has 0 spiro atoms. The molecule has 0 saturated carbocycles. The Balaban J connectivity index is 2.48. The van der Waals surface area contributed by atoms with Crippen molar-refractivity contribution in [2.24, 2.45) is 5.92 Å². The first-order valence-corrected chi connectivity index (χ1v) is 6.94. The van der Waals surface area contributed by atoms with Crippen LogP contribution in [0.4, 0.5) is 4.79 Å². The Morgan fingerprint density at radius 3 is 2.55 bits per heavy atom. The van der Waals surface area contributed by atoms with E-state index in [1.807, 2.05) is 52.0 Å². The van der Waals surface area contributed by atoms with Crippen LogP contribution in [-0.2, 0) is 11.2 Å². The van der Waals surface area contributed by atoms with Crippen molar-refractivity contribution in [3.8, 4) is 0 Å². The smallest absolute Gasteiger partial charge is 0.407 e. The van der Waals surface area contributed by atoms with Gasteiger partial charge in [0.15, 0.2) is 0 Å². The molecule has 1 aromatic carbocycles. The van der Waals surface area contributed by atoms with Gasteiger partial charge in [0.05, 0.1) is 0 Å². The zero-order chi connectivity index (χ0) is 15.2. The molecule has 0 aliphatic heterocycles. The summed E-state index contributed by atoms with van der Waals surface area (Å²) in [7, 11) is 0. The minimum Gasteiger partial charge on any atom is -0.444 e. The van der Waals surface area contributed by atoms with E-state index in [2.05, 4.69) is 5.32 Å². The average Bonchev–Trinajstić information content (AvgIpc) is 2.34. The zero-order valence-electron chi connectivity index (χ0n) is 12.8. The van der Waals surface area contributed by atoms with Crippen LogP contribution >= 0.6 is 0 Å². The van der Waals surface area contributed by atoms with E-state index in [1.165, 1.54) is 11.1 Å². The van der Waals surface area contributed by atoms with Crippen molar-refractivity contribution >= 4 is 6.09 Å². The summed E-state index contributed by atoms with van der Waals surface area (Å²) >= 11 is 0. The van der Waals surface area contributed by atoms with Crippen LogP contribution < -0.4 is 5.32 Å². The van der Waals surface area contributed by atoms with E-state index in [1.54, 1.807) is 0 Å². The standard InChI is InChI=1S/C16H25NO3/c1-12-7-5-6-8-14(12)9-13(11-18)10-17-15(19)20-16(2,3)4/h5-8,13,18H,9-11H2,1-4H3,(H,17,19)/t13-/m0/s1. The summed E-state index contributed by atoms with van der Waals surface area (Å²) in [6, 6.07) is 8.07. The lowest BCUT2D eigenvalue weighted by atomic mass is 9.97. The summed E-state index contributed by atoms with van der Waals surface area (Å²) in [6.07, 6.45) is 0.291. The van der Waals surface area contributed by atoms with Gasteiger partial charge in [-0.25, -0.2) is 4.79 Å². The Hall–Kier alpha value is -1.55. The fourth-order valence-corrected chi connectivity index (χ4v) is 1.89. The molecule has 0 aliphatic carbocycles. The van der Waals surface area contributed by atoms with Crippen molar-refractivity contribution in [2.75, 3.05) is 13.2 Å². The number of benzene rings is 1. The molecule has 0 aromatic heterocycles. The van der Waals surface area contributed by atoms with Crippen LogP contribution in [0.5, 0.6) is 0 Å². The van der Waals surface area contributed by atoms with Gasteiger partial charge < -0.3 is 15.2 Å². The van der Waals surface area contributed by atoms with Crippen LogP contribution in [0.2, 0.25) is 0 Å². The molecule has 2 N–H and O–H groups in total. The van der Waals surface area contributed by atoms with E-state index < -0.39 is 11.7 Å². The molecule has 1 atom stereocenters. The molecule has 0 fully saturated rings. The van der Waals surface area contributed by atoms with Crippen molar-refractivity contribution in [3.63, 3.8) is 0 Å². The lowest BCUT2D eigenvalue weighted by Crippen LogP contribution is -2.36. The van der Waals surface area contributed by atoms with Crippen molar-refractivity contribution in [1.82, 2.24) is 5.32 Å². The first-order chi connectivity index (χ1) is 9.31. The van der Waals surface area contributed by atoms with Gasteiger partial charge in [-0.1, -0.05) is 24.3 Å². The molecule has 0 heterocycles. The third kappa shape index (κ3) is 6.06. The van der Waals surface area contributed by atoms with E-state index in [9.17, 15) is 9.90 Å². The Labute approximate surface area is 121 Å². The number of nitrogens with one attached hydrogen (secondary N) is 1. The number of amides is 1. The van der Waals surface area contributed by atoms with Crippen molar-refractivity contribution < 1.29 is 14.6 Å². The second kappa shape index (κ2) is 7.29. The molecule has 0 saturated heterocycles. The molecular formula is C16H25NO3. The van der Waals surface area contributed by atoms with Crippen LogP contribution in [0.1, 0.15) is 31.9 Å². The minimum atomic E-state index is -0.505. The van der Waals surface area contributed by atoms with E-state index >= 15 is 0 Å². The Bertz CT molecular complexity index is 438. The van der Waals surface area contributed by atoms with E-state index in [-0.39, 0.29) is 12.5 Å². The average molecular weight is 279 g/mol. The number of ether oxygens (including phenoxy) is 1. The fraction of sp³-hybridized carbons (Fsp3) is 0.562. The van der Waals surface area contributed by atoms with E-state index in [0.717, 1.165) is 6.42 Å². The summed E-state index contributed by atoms with van der Waals surface area (Å²) in [6.45, 7) is 7.95. The molecule has 4 nitrogen and oxygen atoms in total. The predicted octanol–water partition coefficient (Wildman–Crippen LogP) is 2.67. The number of aryl methyl sites for hydroxylation is 1. The topological polar surface area (TPSA) is 58.6 Å². The van der Waals surface area contributed by atoms with Crippen LogP contribution in [0, 0.1) is 12.8 Å². The molecule has 0 unspecified atom stereocenters. The summed E-state index contributed by atoms with van der Waals surface area (Å²) in [5, 5.41) is 12.1. The van der Waals surface area contributed by atoms with Crippen molar-refractivity contribution in [1.29, 1.82) is 0 Å². The molecular weight excluding hydrogens is 254 g/mol. The van der Waals surface area contributed by atoms with Gasteiger partial charge >= 0.3 is 6.09 Å². The number of hydrogen-bond donors (Lipinski definition) is 2. The molecule has 1 amide bonds. The Morgan fingerprint density at radius 1 is 1.35 bits per heavy atom. The highest BCUT2D eigenvalue weighted by Gasteiger charge is 2.17. The predicted molar refractivity (Wildman–Crippen MR) is 79.7 cm³/mol. The highest BCUT2D eigenvalue weighted by atomic mass is 16.6. The van der Waals surface area contributed by atoms with Gasteiger partial charge in [0.2, 0.25) is 0 Å². The largest absolute Gasteiger partial charge is 0.444 e. The van der Waals surface area contributed by atoms with E-state index in [4.69, 9.17) is 4.74 Å². The number of rotatable bonds is 5. The summed E-state index contributed by atoms with van der Waals surface area (Å²) < 4.78 is 5.17. The first-order valence-electron chi connectivity index (χ1n) is 6.94. The van der Waals surface area contributed by atoms with Gasteiger partial charge in [-0.15, -0.1) is 0 Å². The lowest BCUT2D eigenvalue weighted by Gasteiger charge is -2.21. The maximum absolute atomic E-state index is 11.6. The quantitative estimate of drug-likeness (QED) is 0.871. The maximum atomic E-state index is 11.6. The number of carbonyl (C=O) groups excluding carboxylic acids is 1. The zero-order valence-corrected chi connectivity index (χ0v) is 12.8. The van der Waals surface area contributed by atoms with Crippen LogP contribution in [0.3, 0.4) is 0 Å². The number of hydrogen-bond acceptors (Lipinski definition) is 3. The second-order valence-electron chi connectivity index (χ2n) is 6.06. The van der Waals surface area contributed by atoms with Crippen LogP contribution in [0.25, 0.3) is 0 Å². The van der Waals surface area contributed by atoms with Gasteiger partial charge in [0.25, 0.3) is 0 Å². The van der Waals surface area contributed by atoms with Gasteiger partial charge in [0, 0.05) is 19.1 Å².